The van der Waals surface area contributed by atoms with Crippen LogP contribution in [0.2, 0.25) is 5.02 Å². The van der Waals surface area contributed by atoms with Gasteiger partial charge in [-0.25, -0.2) is 0 Å². The number of rotatable bonds is 3. The molecule has 2 nitrogen and oxygen atoms in total. The third-order valence-corrected chi connectivity index (χ3v) is 4.90. The lowest BCUT2D eigenvalue weighted by Crippen LogP contribution is -2.33. The second-order valence-electron chi connectivity index (χ2n) is 6.45. The fourth-order valence-electron chi connectivity index (χ4n) is 3.49. The summed E-state index contributed by atoms with van der Waals surface area (Å²) < 4.78 is 0. The molecule has 2 aromatic carbocycles. The summed E-state index contributed by atoms with van der Waals surface area (Å²) in [6.07, 6.45) is 1.19. The molecule has 23 heavy (non-hydrogen) atoms. The highest BCUT2D eigenvalue weighted by Crippen LogP contribution is 2.32. The Morgan fingerprint density at radius 2 is 1.78 bits per heavy atom. The molecule has 0 aliphatic carbocycles. The first-order chi connectivity index (χ1) is 11.1. The molecule has 1 aliphatic rings. The first-order valence-electron chi connectivity index (χ1n) is 8.42. The van der Waals surface area contributed by atoms with Gasteiger partial charge in [0.25, 0.3) is 0 Å². The third kappa shape index (κ3) is 3.95. The van der Waals surface area contributed by atoms with Gasteiger partial charge in [-0.2, -0.15) is 0 Å². The van der Waals surface area contributed by atoms with Crippen molar-refractivity contribution in [2.75, 3.05) is 26.2 Å². The molecule has 0 aromatic heterocycles. The molecule has 1 unspecified atom stereocenters. The second-order valence-corrected chi connectivity index (χ2v) is 6.89. The van der Waals surface area contributed by atoms with Crippen LogP contribution in [0.15, 0.2) is 42.5 Å². The highest BCUT2D eigenvalue weighted by molar-refractivity contribution is 6.30. The maximum absolute atomic E-state index is 6.10. The van der Waals surface area contributed by atoms with E-state index in [0.29, 0.717) is 6.04 Å². The zero-order chi connectivity index (χ0) is 16.2. The Labute approximate surface area is 144 Å². The smallest absolute Gasteiger partial charge is 0.0604 e. The van der Waals surface area contributed by atoms with Gasteiger partial charge in [0.2, 0.25) is 0 Å². The van der Waals surface area contributed by atoms with Crippen LogP contribution >= 0.6 is 11.6 Å². The Kier molecular flexibility index (Phi) is 5.37. The van der Waals surface area contributed by atoms with Crippen LogP contribution in [-0.2, 0) is 0 Å². The van der Waals surface area contributed by atoms with E-state index in [4.69, 9.17) is 11.6 Å². The number of benzene rings is 2. The molecule has 1 aliphatic heterocycles. The first-order valence-corrected chi connectivity index (χ1v) is 8.80. The van der Waals surface area contributed by atoms with Crippen LogP contribution in [-0.4, -0.2) is 31.1 Å². The van der Waals surface area contributed by atoms with Gasteiger partial charge < -0.3 is 5.32 Å². The van der Waals surface area contributed by atoms with Crippen molar-refractivity contribution in [1.82, 2.24) is 10.2 Å². The molecular formula is C20H25ClN2. The SMILES string of the molecule is Cc1ccc(C(c2ccc(Cl)cc2)N2CCCNCC2)c(C)c1. The summed E-state index contributed by atoms with van der Waals surface area (Å²) in [6.45, 7) is 8.73. The van der Waals surface area contributed by atoms with Crippen LogP contribution in [0.25, 0.3) is 0 Å². The fourth-order valence-corrected chi connectivity index (χ4v) is 3.62. The van der Waals surface area contributed by atoms with Gasteiger partial charge in [-0.3, -0.25) is 4.90 Å². The summed E-state index contributed by atoms with van der Waals surface area (Å²) in [5, 5.41) is 4.30. The van der Waals surface area contributed by atoms with E-state index in [1.165, 1.54) is 28.7 Å². The van der Waals surface area contributed by atoms with Crippen molar-refractivity contribution in [3.63, 3.8) is 0 Å². The molecule has 1 saturated heterocycles. The minimum absolute atomic E-state index is 0.299. The molecule has 1 N–H and O–H groups in total. The van der Waals surface area contributed by atoms with Crippen LogP contribution in [0.3, 0.4) is 0 Å². The van der Waals surface area contributed by atoms with Crippen molar-refractivity contribution >= 4 is 11.6 Å². The van der Waals surface area contributed by atoms with Gasteiger partial charge >= 0.3 is 0 Å². The zero-order valence-electron chi connectivity index (χ0n) is 14.0. The van der Waals surface area contributed by atoms with E-state index in [-0.39, 0.29) is 0 Å². The van der Waals surface area contributed by atoms with E-state index < -0.39 is 0 Å². The summed E-state index contributed by atoms with van der Waals surface area (Å²) in [5.41, 5.74) is 5.41. The molecule has 3 rings (SSSR count). The van der Waals surface area contributed by atoms with Crippen molar-refractivity contribution in [2.45, 2.75) is 26.3 Å². The third-order valence-electron chi connectivity index (χ3n) is 4.65. The highest BCUT2D eigenvalue weighted by Gasteiger charge is 2.24. The molecule has 1 fully saturated rings. The Hall–Kier alpha value is -1.35. The van der Waals surface area contributed by atoms with Gasteiger partial charge in [0.1, 0.15) is 0 Å². The van der Waals surface area contributed by atoms with Crippen LogP contribution in [0, 0.1) is 13.8 Å². The number of hydrogen-bond donors (Lipinski definition) is 1. The van der Waals surface area contributed by atoms with E-state index in [1.807, 2.05) is 12.1 Å². The Bertz CT molecular complexity index is 643. The topological polar surface area (TPSA) is 15.3 Å². The van der Waals surface area contributed by atoms with Crippen LogP contribution in [0.4, 0.5) is 0 Å². The lowest BCUT2D eigenvalue weighted by Gasteiger charge is -2.32. The molecule has 0 radical (unpaired) electrons. The van der Waals surface area contributed by atoms with Crippen molar-refractivity contribution < 1.29 is 0 Å². The maximum Gasteiger partial charge on any atom is 0.0604 e. The maximum atomic E-state index is 6.10. The lowest BCUT2D eigenvalue weighted by atomic mass is 9.92. The van der Waals surface area contributed by atoms with Crippen molar-refractivity contribution in [3.8, 4) is 0 Å². The molecule has 0 bridgehead atoms. The highest BCUT2D eigenvalue weighted by atomic mass is 35.5. The van der Waals surface area contributed by atoms with E-state index in [2.05, 4.69) is 54.4 Å². The van der Waals surface area contributed by atoms with Gasteiger partial charge in [-0.05, 0) is 55.6 Å². The van der Waals surface area contributed by atoms with Crippen LogP contribution in [0.5, 0.6) is 0 Å². The fraction of sp³-hybridized carbons (Fsp3) is 0.400. The second kappa shape index (κ2) is 7.48. The minimum Gasteiger partial charge on any atom is -0.315 e. The molecule has 1 atom stereocenters. The van der Waals surface area contributed by atoms with E-state index in [0.717, 1.165) is 31.2 Å². The van der Waals surface area contributed by atoms with Crippen molar-refractivity contribution in [2.24, 2.45) is 0 Å². The predicted molar refractivity (Wildman–Crippen MR) is 98.3 cm³/mol. The summed E-state index contributed by atoms with van der Waals surface area (Å²) in [5.74, 6) is 0. The summed E-state index contributed by atoms with van der Waals surface area (Å²) in [4.78, 5) is 2.60. The van der Waals surface area contributed by atoms with Crippen molar-refractivity contribution in [3.05, 3.63) is 69.7 Å². The molecule has 2 aromatic rings. The average molecular weight is 329 g/mol. The molecule has 0 saturated carbocycles. The van der Waals surface area contributed by atoms with E-state index >= 15 is 0 Å². The van der Waals surface area contributed by atoms with Gasteiger partial charge in [-0.1, -0.05) is 47.5 Å². The zero-order valence-corrected chi connectivity index (χ0v) is 14.7. The number of aryl methyl sites for hydroxylation is 2. The number of halogens is 1. The number of nitrogens with one attached hydrogen (secondary N) is 1. The number of hydrogen-bond acceptors (Lipinski definition) is 2. The van der Waals surface area contributed by atoms with Gasteiger partial charge in [0, 0.05) is 24.7 Å². The van der Waals surface area contributed by atoms with Crippen LogP contribution < -0.4 is 5.32 Å². The van der Waals surface area contributed by atoms with E-state index in [9.17, 15) is 0 Å². The van der Waals surface area contributed by atoms with Gasteiger partial charge in [-0.15, -0.1) is 0 Å². The Morgan fingerprint density at radius 3 is 2.52 bits per heavy atom. The summed E-state index contributed by atoms with van der Waals surface area (Å²) in [6, 6.07) is 15.5. The molecule has 3 heteroatoms. The van der Waals surface area contributed by atoms with Crippen molar-refractivity contribution in [1.29, 1.82) is 0 Å². The Balaban J connectivity index is 2.03. The van der Waals surface area contributed by atoms with Crippen LogP contribution in [0.1, 0.15) is 34.7 Å². The number of nitrogens with zero attached hydrogens (tertiary/aromatic N) is 1. The molecule has 1 heterocycles. The lowest BCUT2D eigenvalue weighted by molar-refractivity contribution is 0.240. The first kappa shape index (κ1) is 16.5. The summed E-state index contributed by atoms with van der Waals surface area (Å²) in [7, 11) is 0. The van der Waals surface area contributed by atoms with E-state index in [1.54, 1.807) is 0 Å². The summed E-state index contributed by atoms with van der Waals surface area (Å²) >= 11 is 6.10. The van der Waals surface area contributed by atoms with Gasteiger partial charge in [0.05, 0.1) is 6.04 Å². The molecule has 122 valence electrons. The molecule has 0 spiro atoms. The largest absolute Gasteiger partial charge is 0.315 e. The average Bonchev–Trinajstić information content (AvgIpc) is 2.81. The quantitative estimate of drug-likeness (QED) is 0.901. The minimum atomic E-state index is 0.299. The monoisotopic (exact) mass is 328 g/mol. The molecule has 0 amide bonds. The predicted octanol–water partition coefficient (Wildman–Crippen LogP) is 4.34. The Morgan fingerprint density at radius 1 is 1.00 bits per heavy atom. The normalized spacial score (nSPS) is 17.7. The molecular weight excluding hydrogens is 304 g/mol. The van der Waals surface area contributed by atoms with Gasteiger partial charge in [0.15, 0.2) is 0 Å². The standard InChI is InChI=1S/C20H25ClN2/c1-15-4-9-19(16(2)14-15)20(17-5-7-18(21)8-6-17)23-12-3-10-22-11-13-23/h4-9,14,20,22H,3,10-13H2,1-2H3.